The molecule has 3 nitrogen and oxygen atoms in total. The number of thiophene rings is 1. The summed E-state index contributed by atoms with van der Waals surface area (Å²) in [5.41, 5.74) is 5.82. The molecule has 0 unspecified atom stereocenters. The molecular weight excluding hydrogens is 340 g/mol. The number of halogens is 1. The minimum atomic E-state index is -0.265. The van der Waals surface area contributed by atoms with Crippen molar-refractivity contribution in [3.05, 3.63) is 58.0 Å². The molecule has 1 aromatic heterocycles. The SMILES string of the molecule is C=C(C)[C@H]1CC=C(C)C(=NNC(=O)c2sc3ccccc3c2Cl)C1. The van der Waals surface area contributed by atoms with Gasteiger partial charge < -0.3 is 0 Å². The quantitative estimate of drug-likeness (QED) is 0.565. The van der Waals surface area contributed by atoms with Crippen molar-refractivity contribution in [2.45, 2.75) is 26.7 Å². The second kappa shape index (κ2) is 6.91. The fraction of sp³-hybridized carbons (Fsp3) is 0.263. The van der Waals surface area contributed by atoms with Crippen LogP contribution in [0.25, 0.3) is 10.1 Å². The number of allylic oxidation sites excluding steroid dienone is 3. The maximum atomic E-state index is 12.5. The van der Waals surface area contributed by atoms with E-state index in [1.807, 2.05) is 38.1 Å². The van der Waals surface area contributed by atoms with Crippen molar-refractivity contribution in [3.8, 4) is 0 Å². The number of hydrogen-bond acceptors (Lipinski definition) is 3. The number of benzene rings is 1. The van der Waals surface area contributed by atoms with Crippen molar-refractivity contribution < 1.29 is 4.79 Å². The number of nitrogens with zero attached hydrogens (tertiary/aromatic N) is 1. The number of amides is 1. The first-order valence-corrected chi connectivity index (χ1v) is 9.03. The molecule has 1 amide bonds. The third-order valence-electron chi connectivity index (χ3n) is 4.33. The predicted molar refractivity (Wildman–Crippen MR) is 103 cm³/mol. The zero-order valence-corrected chi connectivity index (χ0v) is 15.3. The molecule has 1 N–H and O–H groups in total. The minimum Gasteiger partial charge on any atom is -0.266 e. The van der Waals surface area contributed by atoms with Crippen LogP contribution < -0.4 is 5.43 Å². The highest BCUT2D eigenvalue weighted by Gasteiger charge is 2.20. The van der Waals surface area contributed by atoms with Gasteiger partial charge in [-0.15, -0.1) is 11.3 Å². The molecule has 3 rings (SSSR count). The van der Waals surface area contributed by atoms with E-state index in [0.29, 0.717) is 15.8 Å². The standard InChI is InChI=1S/C19H19ClN2OS/c1-11(2)13-9-8-12(3)15(10-13)21-22-19(23)18-17(20)14-6-4-5-7-16(14)24-18/h4-8,13H,1,9-10H2,2-3H3,(H,22,23)/t13-/m0/s1. The van der Waals surface area contributed by atoms with Crippen molar-refractivity contribution in [2.24, 2.45) is 11.0 Å². The molecule has 0 radical (unpaired) electrons. The van der Waals surface area contributed by atoms with E-state index in [4.69, 9.17) is 11.6 Å². The molecule has 1 heterocycles. The third kappa shape index (κ3) is 3.30. The van der Waals surface area contributed by atoms with E-state index in [1.165, 1.54) is 11.3 Å². The van der Waals surface area contributed by atoms with Crippen LogP contribution in [0, 0.1) is 5.92 Å². The lowest BCUT2D eigenvalue weighted by Gasteiger charge is -2.22. The Morgan fingerprint density at radius 1 is 1.42 bits per heavy atom. The molecule has 24 heavy (non-hydrogen) atoms. The lowest BCUT2D eigenvalue weighted by Crippen LogP contribution is -2.22. The molecule has 1 aliphatic carbocycles. The molecule has 1 atom stereocenters. The Morgan fingerprint density at radius 2 is 2.17 bits per heavy atom. The Kier molecular flexibility index (Phi) is 4.88. The molecule has 0 aliphatic heterocycles. The lowest BCUT2D eigenvalue weighted by atomic mass is 9.85. The summed E-state index contributed by atoms with van der Waals surface area (Å²) in [6, 6.07) is 7.73. The number of fused-ring (bicyclic) bond motifs is 1. The van der Waals surface area contributed by atoms with Gasteiger partial charge in [0.25, 0.3) is 5.91 Å². The highest BCUT2D eigenvalue weighted by atomic mass is 35.5. The number of hydrogen-bond donors (Lipinski definition) is 1. The summed E-state index contributed by atoms with van der Waals surface area (Å²) >= 11 is 7.73. The van der Waals surface area contributed by atoms with Crippen LogP contribution in [0.4, 0.5) is 0 Å². The molecule has 0 fully saturated rings. The van der Waals surface area contributed by atoms with Crippen LogP contribution in [0.3, 0.4) is 0 Å². The van der Waals surface area contributed by atoms with Crippen LogP contribution in [0.5, 0.6) is 0 Å². The van der Waals surface area contributed by atoms with E-state index in [2.05, 4.69) is 23.2 Å². The molecule has 124 valence electrons. The first-order valence-electron chi connectivity index (χ1n) is 7.84. The van der Waals surface area contributed by atoms with Crippen LogP contribution in [-0.4, -0.2) is 11.6 Å². The number of carbonyl (C=O) groups excluding carboxylic acids is 1. The molecule has 0 spiro atoms. The number of hydrazone groups is 1. The van der Waals surface area contributed by atoms with Crippen molar-refractivity contribution >= 4 is 44.6 Å². The number of carbonyl (C=O) groups is 1. The Morgan fingerprint density at radius 3 is 2.88 bits per heavy atom. The van der Waals surface area contributed by atoms with E-state index in [0.717, 1.165) is 39.8 Å². The van der Waals surface area contributed by atoms with Crippen LogP contribution in [0.2, 0.25) is 5.02 Å². The summed E-state index contributed by atoms with van der Waals surface area (Å²) in [5, 5.41) is 5.73. The van der Waals surface area contributed by atoms with Crippen LogP contribution >= 0.6 is 22.9 Å². The average molecular weight is 359 g/mol. The van der Waals surface area contributed by atoms with E-state index in [-0.39, 0.29) is 5.91 Å². The summed E-state index contributed by atoms with van der Waals surface area (Å²) in [6.45, 7) is 8.08. The maximum Gasteiger partial charge on any atom is 0.283 e. The normalized spacial score (nSPS) is 19.4. The maximum absolute atomic E-state index is 12.5. The van der Waals surface area contributed by atoms with Crippen LogP contribution in [0.15, 0.2) is 53.2 Å². The first-order chi connectivity index (χ1) is 11.5. The Labute approximate surface area is 150 Å². The second-order valence-electron chi connectivity index (χ2n) is 6.11. The average Bonchev–Trinajstić information content (AvgIpc) is 2.91. The van der Waals surface area contributed by atoms with Crippen LogP contribution in [0.1, 0.15) is 36.4 Å². The van der Waals surface area contributed by atoms with Crippen molar-refractivity contribution in [1.82, 2.24) is 5.43 Å². The Hall–Kier alpha value is -1.91. The lowest BCUT2D eigenvalue weighted by molar-refractivity contribution is 0.0959. The minimum absolute atomic E-state index is 0.265. The second-order valence-corrected chi connectivity index (χ2v) is 7.54. The summed E-state index contributed by atoms with van der Waals surface area (Å²) in [7, 11) is 0. The highest BCUT2D eigenvalue weighted by molar-refractivity contribution is 7.21. The molecule has 0 bridgehead atoms. The molecule has 5 heteroatoms. The number of rotatable bonds is 3. The number of nitrogens with one attached hydrogen (secondary N) is 1. The van der Waals surface area contributed by atoms with Gasteiger partial charge in [-0.3, -0.25) is 4.79 Å². The van der Waals surface area contributed by atoms with E-state index < -0.39 is 0 Å². The summed E-state index contributed by atoms with van der Waals surface area (Å²) in [4.78, 5) is 13.0. The van der Waals surface area contributed by atoms with Gasteiger partial charge in [-0.25, -0.2) is 5.43 Å². The van der Waals surface area contributed by atoms with Gasteiger partial charge in [0.15, 0.2) is 0 Å². The van der Waals surface area contributed by atoms with Crippen molar-refractivity contribution in [1.29, 1.82) is 0 Å². The smallest absolute Gasteiger partial charge is 0.266 e. The van der Waals surface area contributed by atoms with E-state index >= 15 is 0 Å². The third-order valence-corrected chi connectivity index (χ3v) is 6.01. The topological polar surface area (TPSA) is 41.5 Å². The van der Waals surface area contributed by atoms with Gasteiger partial charge in [-0.2, -0.15) is 5.10 Å². The van der Waals surface area contributed by atoms with Gasteiger partial charge in [0.05, 0.1) is 10.7 Å². The Balaban J connectivity index is 1.81. The fourth-order valence-corrected chi connectivity index (χ4v) is 4.16. The van der Waals surface area contributed by atoms with Gasteiger partial charge in [0.1, 0.15) is 4.88 Å². The molecule has 0 saturated carbocycles. The highest BCUT2D eigenvalue weighted by Crippen LogP contribution is 2.35. The van der Waals surface area contributed by atoms with Crippen molar-refractivity contribution in [2.75, 3.05) is 0 Å². The summed E-state index contributed by atoms with van der Waals surface area (Å²) in [6.07, 6.45) is 3.94. The van der Waals surface area contributed by atoms with Gasteiger partial charge in [-0.05, 0) is 44.2 Å². The van der Waals surface area contributed by atoms with E-state index in [1.54, 1.807) is 0 Å². The van der Waals surface area contributed by atoms with Gasteiger partial charge >= 0.3 is 0 Å². The summed E-state index contributed by atoms with van der Waals surface area (Å²) in [5.74, 6) is 0.121. The first kappa shape index (κ1) is 16.9. The van der Waals surface area contributed by atoms with Crippen LogP contribution in [-0.2, 0) is 0 Å². The zero-order valence-electron chi connectivity index (χ0n) is 13.7. The molecule has 2 aromatic rings. The fourth-order valence-electron chi connectivity index (χ4n) is 2.75. The molecule has 1 aromatic carbocycles. The van der Waals surface area contributed by atoms with Gasteiger partial charge in [-0.1, -0.05) is 48.0 Å². The molecular formula is C19H19ClN2OS. The largest absolute Gasteiger partial charge is 0.283 e. The van der Waals surface area contributed by atoms with Gasteiger partial charge in [0, 0.05) is 10.1 Å². The summed E-state index contributed by atoms with van der Waals surface area (Å²) < 4.78 is 0.997. The van der Waals surface area contributed by atoms with Gasteiger partial charge in [0.2, 0.25) is 0 Å². The van der Waals surface area contributed by atoms with Crippen molar-refractivity contribution in [3.63, 3.8) is 0 Å². The zero-order chi connectivity index (χ0) is 17.3. The van der Waals surface area contributed by atoms with E-state index in [9.17, 15) is 4.79 Å². The predicted octanol–water partition coefficient (Wildman–Crippen LogP) is 5.57. The molecule has 0 saturated heterocycles. The Bertz CT molecular complexity index is 879. The molecule has 1 aliphatic rings. The monoisotopic (exact) mass is 358 g/mol.